The van der Waals surface area contributed by atoms with Gasteiger partial charge in [-0.2, -0.15) is 0 Å². The summed E-state index contributed by atoms with van der Waals surface area (Å²) >= 11 is 0. The van der Waals surface area contributed by atoms with Crippen molar-refractivity contribution in [1.82, 2.24) is 5.32 Å². The van der Waals surface area contributed by atoms with Crippen molar-refractivity contribution in [1.29, 1.82) is 0 Å². The highest BCUT2D eigenvalue weighted by atomic mass is 16.6. The second kappa shape index (κ2) is 6.02. The molecule has 1 aliphatic rings. The van der Waals surface area contributed by atoms with Crippen molar-refractivity contribution in [2.24, 2.45) is 0 Å². The Balaban J connectivity index is 2.20. The average Bonchev–Trinajstić information content (AvgIpc) is 2.67. The van der Waals surface area contributed by atoms with Gasteiger partial charge in [-0.1, -0.05) is 6.07 Å². The van der Waals surface area contributed by atoms with Crippen LogP contribution in [0.25, 0.3) is 0 Å². The molecule has 0 amide bonds. The van der Waals surface area contributed by atoms with Crippen LogP contribution in [0.3, 0.4) is 0 Å². The van der Waals surface area contributed by atoms with E-state index in [0.717, 1.165) is 38.0 Å². The van der Waals surface area contributed by atoms with Crippen LogP contribution in [0.5, 0.6) is 0 Å². The minimum absolute atomic E-state index is 0.205. The molecule has 1 atom stereocenters. The van der Waals surface area contributed by atoms with Crippen molar-refractivity contribution in [2.75, 3.05) is 25.0 Å². The molecule has 5 nitrogen and oxygen atoms in total. The number of nitro groups is 1. The molecule has 1 aromatic rings. The predicted molar refractivity (Wildman–Crippen MR) is 76.7 cm³/mol. The Kier molecular flexibility index (Phi) is 4.37. The van der Waals surface area contributed by atoms with Crippen molar-refractivity contribution in [2.45, 2.75) is 32.2 Å². The number of nitrogens with zero attached hydrogens (tertiary/aromatic N) is 2. The molecule has 0 saturated carbocycles. The van der Waals surface area contributed by atoms with Gasteiger partial charge in [0.2, 0.25) is 0 Å². The third-order valence-electron chi connectivity index (χ3n) is 3.89. The second-order valence-corrected chi connectivity index (χ2v) is 5.17. The standard InChI is InChI=1S/C14H21N3O2/c1-11-5-6-13(10-14(11)17(18)19)16(2)12-4-3-8-15-9-7-12/h5-6,10,12,15H,3-4,7-9H2,1-2H3. The molecule has 1 N–H and O–H groups in total. The predicted octanol–water partition coefficient (Wildman–Crippen LogP) is 2.48. The van der Waals surface area contributed by atoms with Gasteiger partial charge in [0.15, 0.2) is 0 Å². The number of rotatable bonds is 3. The van der Waals surface area contributed by atoms with Crippen LogP contribution in [0, 0.1) is 17.0 Å². The van der Waals surface area contributed by atoms with Gasteiger partial charge in [-0.25, -0.2) is 0 Å². The average molecular weight is 263 g/mol. The maximum Gasteiger partial charge on any atom is 0.274 e. The molecule has 19 heavy (non-hydrogen) atoms. The molecular formula is C14H21N3O2. The van der Waals surface area contributed by atoms with Crippen molar-refractivity contribution in [3.05, 3.63) is 33.9 Å². The molecular weight excluding hydrogens is 242 g/mol. The highest BCUT2D eigenvalue weighted by molar-refractivity contribution is 5.56. The van der Waals surface area contributed by atoms with E-state index in [9.17, 15) is 10.1 Å². The third-order valence-corrected chi connectivity index (χ3v) is 3.89. The summed E-state index contributed by atoms with van der Waals surface area (Å²) in [5.74, 6) is 0. The third kappa shape index (κ3) is 3.23. The van der Waals surface area contributed by atoms with E-state index in [1.807, 2.05) is 19.2 Å². The molecule has 1 heterocycles. The maximum absolute atomic E-state index is 11.0. The Morgan fingerprint density at radius 2 is 2.16 bits per heavy atom. The van der Waals surface area contributed by atoms with Gasteiger partial charge in [-0.05, 0) is 45.3 Å². The number of hydrogen-bond acceptors (Lipinski definition) is 4. The van der Waals surface area contributed by atoms with Crippen LogP contribution >= 0.6 is 0 Å². The molecule has 104 valence electrons. The van der Waals surface area contributed by atoms with Gasteiger partial charge in [0.05, 0.1) is 4.92 Å². The zero-order valence-corrected chi connectivity index (χ0v) is 11.6. The van der Waals surface area contributed by atoms with E-state index in [1.165, 1.54) is 0 Å². The molecule has 0 aromatic heterocycles. The summed E-state index contributed by atoms with van der Waals surface area (Å²) in [5.41, 5.74) is 1.85. The normalized spacial score (nSPS) is 19.8. The molecule has 1 aliphatic heterocycles. The summed E-state index contributed by atoms with van der Waals surface area (Å²) in [7, 11) is 2.03. The zero-order valence-electron chi connectivity index (χ0n) is 11.6. The minimum atomic E-state index is -0.304. The Hall–Kier alpha value is -1.62. The topological polar surface area (TPSA) is 58.4 Å². The van der Waals surface area contributed by atoms with Crippen LogP contribution in [-0.4, -0.2) is 31.1 Å². The first-order valence-corrected chi connectivity index (χ1v) is 6.78. The quantitative estimate of drug-likeness (QED) is 0.672. The number of benzene rings is 1. The van der Waals surface area contributed by atoms with Crippen LogP contribution < -0.4 is 10.2 Å². The van der Waals surface area contributed by atoms with Gasteiger partial charge in [0.25, 0.3) is 5.69 Å². The molecule has 1 aromatic carbocycles. The summed E-state index contributed by atoms with van der Waals surface area (Å²) in [6, 6.07) is 5.95. The Morgan fingerprint density at radius 3 is 2.89 bits per heavy atom. The first-order valence-electron chi connectivity index (χ1n) is 6.78. The van der Waals surface area contributed by atoms with Crippen LogP contribution in [0.15, 0.2) is 18.2 Å². The second-order valence-electron chi connectivity index (χ2n) is 5.17. The lowest BCUT2D eigenvalue weighted by molar-refractivity contribution is -0.385. The number of aryl methyl sites for hydroxylation is 1. The van der Waals surface area contributed by atoms with Gasteiger partial charge in [0, 0.05) is 30.4 Å². The summed E-state index contributed by atoms with van der Waals surface area (Å²) in [5, 5.41) is 14.4. The summed E-state index contributed by atoms with van der Waals surface area (Å²) < 4.78 is 0. The lowest BCUT2D eigenvalue weighted by atomic mass is 10.1. The zero-order chi connectivity index (χ0) is 13.8. The number of nitro benzene ring substituents is 1. The van der Waals surface area contributed by atoms with Crippen molar-refractivity contribution in [3.63, 3.8) is 0 Å². The van der Waals surface area contributed by atoms with Gasteiger partial charge in [0.1, 0.15) is 0 Å². The smallest absolute Gasteiger partial charge is 0.274 e. The van der Waals surface area contributed by atoms with Gasteiger partial charge < -0.3 is 10.2 Å². The molecule has 0 aliphatic carbocycles. The van der Waals surface area contributed by atoms with Crippen LogP contribution in [0.2, 0.25) is 0 Å². The van der Waals surface area contributed by atoms with Gasteiger partial charge >= 0.3 is 0 Å². The SMILES string of the molecule is Cc1ccc(N(C)C2CCCNCC2)cc1[N+](=O)[O-]. The van der Waals surface area contributed by atoms with E-state index in [2.05, 4.69) is 10.2 Å². The van der Waals surface area contributed by atoms with Crippen molar-refractivity contribution < 1.29 is 4.92 Å². The monoisotopic (exact) mass is 263 g/mol. The largest absolute Gasteiger partial charge is 0.371 e. The fraction of sp³-hybridized carbons (Fsp3) is 0.571. The minimum Gasteiger partial charge on any atom is -0.371 e. The number of anilines is 1. The van der Waals surface area contributed by atoms with Gasteiger partial charge in [-0.15, -0.1) is 0 Å². The maximum atomic E-state index is 11.0. The Bertz CT molecular complexity index is 454. The molecule has 1 fully saturated rings. The van der Waals surface area contributed by atoms with E-state index in [-0.39, 0.29) is 10.6 Å². The number of nitrogens with one attached hydrogen (secondary N) is 1. The molecule has 0 radical (unpaired) electrons. The van der Waals surface area contributed by atoms with Gasteiger partial charge in [-0.3, -0.25) is 10.1 Å². The van der Waals surface area contributed by atoms with Crippen LogP contribution in [-0.2, 0) is 0 Å². The van der Waals surface area contributed by atoms with E-state index >= 15 is 0 Å². The van der Waals surface area contributed by atoms with Crippen molar-refractivity contribution in [3.8, 4) is 0 Å². The van der Waals surface area contributed by atoms with Crippen LogP contribution in [0.4, 0.5) is 11.4 Å². The molecule has 1 unspecified atom stereocenters. The number of hydrogen-bond donors (Lipinski definition) is 1. The Labute approximate surface area is 113 Å². The van der Waals surface area contributed by atoms with E-state index in [4.69, 9.17) is 0 Å². The first kappa shape index (κ1) is 13.8. The Morgan fingerprint density at radius 1 is 1.37 bits per heavy atom. The molecule has 0 bridgehead atoms. The molecule has 1 saturated heterocycles. The van der Waals surface area contributed by atoms with E-state index in [0.29, 0.717) is 11.6 Å². The molecule has 0 spiro atoms. The molecule has 2 rings (SSSR count). The lowest BCUT2D eigenvalue weighted by Gasteiger charge is -2.29. The summed E-state index contributed by atoms with van der Waals surface area (Å²) in [6.45, 7) is 3.86. The first-order chi connectivity index (χ1) is 9.09. The van der Waals surface area contributed by atoms with Crippen molar-refractivity contribution >= 4 is 11.4 Å². The highest BCUT2D eigenvalue weighted by Gasteiger charge is 2.19. The summed E-state index contributed by atoms with van der Waals surface area (Å²) in [6.07, 6.45) is 3.37. The molecule has 5 heteroatoms. The van der Waals surface area contributed by atoms with E-state index < -0.39 is 0 Å². The van der Waals surface area contributed by atoms with E-state index in [1.54, 1.807) is 13.0 Å². The van der Waals surface area contributed by atoms with Crippen LogP contribution in [0.1, 0.15) is 24.8 Å². The summed E-state index contributed by atoms with van der Waals surface area (Å²) in [4.78, 5) is 12.9. The fourth-order valence-corrected chi connectivity index (χ4v) is 2.61. The highest BCUT2D eigenvalue weighted by Crippen LogP contribution is 2.27. The lowest BCUT2D eigenvalue weighted by Crippen LogP contribution is -2.32. The fourth-order valence-electron chi connectivity index (χ4n) is 2.61.